The molecule has 0 radical (unpaired) electrons. The Labute approximate surface area is 307 Å². The highest BCUT2D eigenvalue weighted by atomic mass is 15.1. The molecule has 238 valence electrons. The van der Waals surface area contributed by atoms with Crippen LogP contribution in [0, 0.1) is 0 Å². The Morgan fingerprint density at radius 1 is 0.353 bits per heavy atom. The van der Waals surface area contributed by atoms with Crippen LogP contribution in [-0.2, 0) is 0 Å². The van der Waals surface area contributed by atoms with Crippen LogP contribution in [0.5, 0.6) is 0 Å². The molecule has 0 unspecified atom stereocenters. The van der Waals surface area contributed by atoms with Gasteiger partial charge >= 0.3 is 0 Å². The molecule has 0 aliphatic carbocycles. The van der Waals surface area contributed by atoms with Gasteiger partial charge in [0.1, 0.15) is 0 Å². The van der Waals surface area contributed by atoms with Crippen molar-refractivity contribution >= 4 is 65.4 Å². The normalized spacial score (nSPS) is 14.4. The molecule has 0 aliphatic rings. The molecule has 3 aromatic heterocycles. The van der Waals surface area contributed by atoms with E-state index in [1.54, 1.807) is 4.57 Å². The second kappa shape index (κ2) is 10.8. The van der Waals surface area contributed by atoms with Crippen molar-refractivity contribution in [3.63, 3.8) is 0 Å². The van der Waals surface area contributed by atoms with Crippen LogP contribution in [0.4, 0.5) is 0 Å². The number of nitrogens with zero attached hydrogens (tertiary/aromatic N) is 3. The standard InChI is InChI=1S/C48H31N3/c1-2-14-32(15-3-1)33-16-12-17-34(30-33)50-44-25-10-7-21-39(44)41-22-13-27-46(48(41)50)51-45-26-11-6-20-38(45)40-29-28-35(31-47(40)51)49-42-23-8-4-18-36(42)37-19-5-9-24-43(37)49/h1-31H/i1D,2D,3D,12D,14D,15D,16D,17D,30D. The van der Waals surface area contributed by atoms with E-state index in [1.165, 1.54) is 0 Å². The highest BCUT2D eigenvalue weighted by molar-refractivity contribution is 6.16. The maximum absolute atomic E-state index is 9.73. The Bertz CT molecular complexity index is 3590. The molecule has 0 saturated carbocycles. The molecule has 8 aromatic carbocycles. The summed E-state index contributed by atoms with van der Waals surface area (Å²) in [4.78, 5) is 0. The molecule has 3 heterocycles. The fraction of sp³-hybridized carbons (Fsp3) is 0. The highest BCUT2D eigenvalue weighted by Crippen LogP contribution is 2.41. The molecule has 0 fully saturated rings. The first-order valence-corrected chi connectivity index (χ1v) is 16.8. The van der Waals surface area contributed by atoms with Crippen molar-refractivity contribution in [3.05, 3.63) is 188 Å². The molecule has 0 aliphatic heterocycles. The molecule has 51 heavy (non-hydrogen) atoms. The third-order valence-electron chi connectivity index (χ3n) is 10.00. The Kier molecular flexibility index (Phi) is 4.38. The monoisotopic (exact) mass is 658 g/mol. The molecule has 3 nitrogen and oxygen atoms in total. The van der Waals surface area contributed by atoms with Crippen molar-refractivity contribution in [2.45, 2.75) is 0 Å². The second-order valence-corrected chi connectivity index (χ2v) is 12.7. The van der Waals surface area contributed by atoms with Crippen LogP contribution in [0.3, 0.4) is 0 Å². The molecule has 0 N–H and O–H groups in total. The topological polar surface area (TPSA) is 14.8 Å². The summed E-state index contributed by atoms with van der Waals surface area (Å²) in [6.07, 6.45) is 0. The van der Waals surface area contributed by atoms with Crippen molar-refractivity contribution in [2.24, 2.45) is 0 Å². The number of para-hydroxylation sites is 5. The van der Waals surface area contributed by atoms with Crippen LogP contribution in [0.1, 0.15) is 12.3 Å². The smallest absolute Gasteiger partial charge is 0.0782 e. The fourth-order valence-corrected chi connectivity index (χ4v) is 7.92. The summed E-state index contributed by atoms with van der Waals surface area (Å²) in [7, 11) is 0. The van der Waals surface area contributed by atoms with Crippen LogP contribution in [-0.4, -0.2) is 13.7 Å². The molecule has 11 rings (SSSR count). The average molecular weight is 659 g/mol. The van der Waals surface area contributed by atoms with Gasteiger partial charge < -0.3 is 13.7 Å². The maximum Gasteiger partial charge on any atom is 0.0782 e. The van der Waals surface area contributed by atoms with E-state index in [2.05, 4.69) is 75.9 Å². The van der Waals surface area contributed by atoms with Gasteiger partial charge in [-0.3, -0.25) is 0 Å². The molecule has 3 heteroatoms. The van der Waals surface area contributed by atoms with E-state index in [4.69, 9.17) is 9.60 Å². The quantitative estimate of drug-likeness (QED) is 0.179. The van der Waals surface area contributed by atoms with Gasteiger partial charge in [0.05, 0.1) is 51.1 Å². The minimum Gasteiger partial charge on any atom is -0.309 e. The van der Waals surface area contributed by atoms with Crippen LogP contribution < -0.4 is 0 Å². The minimum atomic E-state index is -0.612. The molecule has 11 aromatic rings. The van der Waals surface area contributed by atoms with Crippen molar-refractivity contribution in [2.75, 3.05) is 0 Å². The number of rotatable bonds is 4. The highest BCUT2D eigenvalue weighted by Gasteiger charge is 2.21. The first-order valence-electron chi connectivity index (χ1n) is 21.3. The second-order valence-electron chi connectivity index (χ2n) is 12.7. The first-order chi connectivity index (χ1) is 29.1. The lowest BCUT2D eigenvalue weighted by molar-refractivity contribution is 1.12. The lowest BCUT2D eigenvalue weighted by Crippen LogP contribution is -2.01. The van der Waals surface area contributed by atoms with E-state index in [9.17, 15) is 2.74 Å². The van der Waals surface area contributed by atoms with E-state index in [-0.39, 0.29) is 16.8 Å². The number of fused-ring (bicyclic) bond motifs is 9. The van der Waals surface area contributed by atoms with Gasteiger partial charge in [0.15, 0.2) is 0 Å². The summed E-state index contributed by atoms with van der Waals surface area (Å²) in [5.74, 6) is 0. The Morgan fingerprint density at radius 2 is 0.882 bits per heavy atom. The lowest BCUT2D eigenvalue weighted by atomic mass is 10.1. The van der Waals surface area contributed by atoms with Crippen molar-refractivity contribution < 1.29 is 12.3 Å². The van der Waals surface area contributed by atoms with E-state index >= 15 is 0 Å². The summed E-state index contributed by atoms with van der Waals surface area (Å²) in [6, 6.07) is 40.1. The third-order valence-corrected chi connectivity index (χ3v) is 10.00. The van der Waals surface area contributed by atoms with Gasteiger partial charge in [-0.25, -0.2) is 0 Å². The molecule has 0 saturated heterocycles. The zero-order chi connectivity index (χ0) is 41.3. The van der Waals surface area contributed by atoms with Gasteiger partial charge in [0, 0.05) is 43.7 Å². The number of hydrogen-bond donors (Lipinski definition) is 0. The van der Waals surface area contributed by atoms with Crippen molar-refractivity contribution in [3.8, 4) is 28.2 Å². The molecule has 0 amide bonds. The summed E-state index contributed by atoms with van der Waals surface area (Å²) in [6.45, 7) is 0. The average Bonchev–Trinajstić information content (AvgIpc) is 3.91. The molecule has 0 spiro atoms. The predicted molar refractivity (Wildman–Crippen MR) is 215 cm³/mol. The molecule has 0 atom stereocenters. The molecular formula is C48H31N3. The summed E-state index contributed by atoms with van der Waals surface area (Å²) in [5, 5.41) is 5.99. The van der Waals surface area contributed by atoms with Gasteiger partial charge in [-0.1, -0.05) is 133 Å². The molecular weight excluding hydrogens is 619 g/mol. The minimum absolute atomic E-state index is 0.0387. The van der Waals surface area contributed by atoms with Gasteiger partial charge in [-0.2, -0.15) is 0 Å². The van der Waals surface area contributed by atoms with E-state index in [1.807, 2.05) is 66.7 Å². The van der Waals surface area contributed by atoms with Crippen LogP contribution >= 0.6 is 0 Å². The van der Waals surface area contributed by atoms with Crippen molar-refractivity contribution in [1.29, 1.82) is 0 Å². The van der Waals surface area contributed by atoms with E-state index < -0.39 is 54.4 Å². The summed E-state index contributed by atoms with van der Waals surface area (Å²) >= 11 is 0. The zero-order valence-electron chi connectivity index (χ0n) is 36.0. The van der Waals surface area contributed by atoms with Crippen molar-refractivity contribution in [1.82, 2.24) is 13.7 Å². The van der Waals surface area contributed by atoms with Crippen LogP contribution in [0.15, 0.2) is 188 Å². The zero-order valence-corrected chi connectivity index (χ0v) is 27.0. The van der Waals surface area contributed by atoms with Gasteiger partial charge in [-0.15, -0.1) is 0 Å². The Balaban J connectivity index is 1.28. The summed E-state index contributed by atoms with van der Waals surface area (Å²) in [5.41, 5.74) is 6.27. The Morgan fingerprint density at radius 3 is 1.55 bits per heavy atom. The third kappa shape index (κ3) is 4.06. The largest absolute Gasteiger partial charge is 0.309 e. The first kappa shape index (κ1) is 20.6. The van der Waals surface area contributed by atoms with Crippen LogP contribution in [0.2, 0.25) is 0 Å². The fourth-order valence-electron chi connectivity index (χ4n) is 7.92. The molecule has 0 bridgehead atoms. The lowest BCUT2D eigenvalue weighted by Gasteiger charge is -2.16. The number of aromatic nitrogens is 3. The van der Waals surface area contributed by atoms with Gasteiger partial charge in [-0.05, 0) is 65.7 Å². The maximum atomic E-state index is 9.73. The summed E-state index contributed by atoms with van der Waals surface area (Å²) < 4.78 is 85.9. The van der Waals surface area contributed by atoms with Gasteiger partial charge in [0.2, 0.25) is 0 Å². The van der Waals surface area contributed by atoms with Crippen LogP contribution in [0.25, 0.3) is 93.6 Å². The van der Waals surface area contributed by atoms with E-state index in [0.29, 0.717) is 11.0 Å². The Hall–Kier alpha value is -6.84. The number of benzene rings is 8. The SMILES string of the molecule is [2H]c1c([2H])c([2H])c(-c2c([2H])c([2H])c([2H])c(-n3c4ccccc4c4cccc(-n5c6ccccc6c6ccc(-n7c8ccccc8c8ccccc87)cc65)c43)c2[2H])c([2H])c1[2H]. The van der Waals surface area contributed by atoms with E-state index in [0.717, 1.165) is 65.8 Å². The van der Waals surface area contributed by atoms with Gasteiger partial charge in [0.25, 0.3) is 0 Å². The predicted octanol–water partition coefficient (Wildman–Crippen LogP) is 12.6. The number of hydrogen-bond acceptors (Lipinski definition) is 0.